The number of benzene rings is 3. The fraction of sp³-hybridized carbons (Fsp3) is 0.231. The minimum atomic E-state index is -0.555. The number of hydrogen-bond donors (Lipinski definition) is 0. The number of nitrogens with zero attached hydrogens (tertiary/aromatic N) is 1. The molecule has 1 aliphatic rings. The Balaban J connectivity index is 1.60. The van der Waals surface area contributed by atoms with E-state index in [0.29, 0.717) is 19.3 Å². The zero-order valence-electron chi connectivity index (χ0n) is 17.2. The van der Waals surface area contributed by atoms with Crippen molar-refractivity contribution in [2.75, 3.05) is 6.61 Å². The van der Waals surface area contributed by atoms with Gasteiger partial charge in [0.2, 0.25) is 5.91 Å². The van der Waals surface area contributed by atoms with Gasteiger partial charge in [0.25, 0.3) is 0 Å². The number of carbonyl (C=O) groups is 2. The Morgan fingerprint density at radius 1 is 1.10 bits per heavy atom. The molecule has 4 nitrogen and oxygen atoms in total. The van der Waals surface area contributed by atoms with E-state index in [9.17, 15) is 9.59 Å². The fourth-order valence-corrected chi connectivity index (χ4v) is 4.68. The summed E-state index contributed by atoms with van der Waals surface area (Å²) in [4.78, 5) is 27.3. The van der Waals surface area contributed by atoms with Gasteiger partial charge in [-0.25, -0.2) is 9.69 Å². The van der Waals surface area contributed by atoms with Crippen molar-refractivity contribution in [3.63, 3.8) is 0 Å². The molecule has 2 amide bonds. The van der Waals surface area contributed by atoms with Crippen LogP contribution in [-0.4, -0.2) is 29.5 Å². The van der Waals surface area contributed by atoms with Crippen LogP contribution in [0.3, 0.4) is 0 Å². The molecule has 31 heavy (non-hydrogen) atoms. The van der Waals surface area contributed by atoms with E-state index in [1.54, 1.807) is 6.08 Å². The van der Waals surface area contributed by atoms with E-state index in [1.807, 2.05) is 54.6 Å². The monoisotopic (exact) mass is 477 g/mol. The van der Waals surface area contributed by atoms with Crippen LogP contribution in [0.15, 0.2) is 83.9 Å². The van der Waals surface area contributed by atoms with Gasteiger partial charge in [-0.2, -0.15) is 0 Å². The molecule has 1 saturated heterocycles. The minimum Gasteiger partial charge on any atom is -0.447 e. The molecular formula is C26H24BrNO3. The van der Waals surface area contributed by atoms with Gasteiger partial charge in [0.1, 0.15) is 6.61 Å². The lowest BCUT2D eigenvalue weighted by Gasteiger charge is -2.25. The molecule has 2 atom stereocenters. The van der Waals surface area contributed by atoms with Crippen molar-refractivity contribution >= 4 is 38.7 Å². The quantitative estimate of drug-likeness (QED) is 0.396. The molecule has 0 unspecified atom stereocenters. The molecule has 1 fully saturated rings. The van der Waals surface area contributed by atoms with Crippen LogP contribution in [0.4, 0.5) is 4.79 Å². The van der Waals surface area contributed by atoms with Crippen LogP contribution >= 0.6 is 15.9 Å². The zero-order valence-corrected chi connectivity index (χ0v) is 18.8. The third-order valence-electron chi connectivity index (χ3n) is 5.74. The third kappa shape index (κ3) is 4.57. The molecule has 0 radical (unpaired) electrons. The zero-order chi connectivity index (χ0) is 21.8. The van der Waals surface area contributed by atoms with Gasteiger partial charge in [0.15, 0.2) is 0 Å². The molecule has 1 heterocycles. The average molecular weight is 478 g/mol. The lowest BCUT2D eigenvalue weighted by Crippen LogP contribution is -2.44. The second kappa shape index (κ2) is 9.48. The second-order valence-electron chi connectivity index (χ2n) is 7.81. The molecule has 158 valence electrons. The average Bonchev–Trinajstić information content (AvgIpc) is 3.15. The van der Waals surface area contributed by atoms with Crippen molar-refractivity contribution in [2.24, 2.45) is 5.92 Å². The Morgan fingerprint density at radius 2 is 1.81 bits per heavy atom. The smallest absolute Gasteiger partial charge is 0.416 e. The number of carbonyl (C=O) groups excluding carboxylic acids is 2. The molecule has 0 aliphatic carbocycles. The summed E-state index contributed by atoms with van der Waals surface area (Å²) in [5, 5.41) is 2.20. The first-order valence-electron chi connectivity index (χ1n) is 10.4. The molecule has 0 spiro atoms. The summed E-state index contributed by atoms with van der Waals surface area (Å²) in [7, 11) is 0. The van der Waals surface area contributed by atoms with Gasteiger partial charge in [-0.15, -0.1) is 6.58 Å². The summed E-state index contributed by atoms with van der Waals surface area (Å²) in [5.74, 6) is -0.582. The van der Waals surface area contributed by atoms with Gasteiger partial charge in [-0.3, -0.25) is 4.79 Å². The highest BCUT2D eigenvalue weighted by Gasteiger charge is 2.40. The van der Waals surface area contributed by atoms with E-state index >= 15 is 0 Å². The summed E-state index contributed by atoms with van der Waals surface area (Å²) in [5.41, 5.74) is 2.15. The van der Waals surface area contributed by atoms with Crippen LogP contribution in [0.1, 0.15) is 17.5 Å². The van der Waals surface area contributed by atoms with Gasteiger partial charge in [0.05, 0.1) is 6.04 Å². The van der Waals surface area contributed by atoms with Crippen LogP contribution in [0, 0.1) is 5.92 Å². The van der Waals surface area contributed by atoms with Crippen LogP contribution in [0.5, 0.6) is 0 Å². The van der Waals surface area contributed by atoms with E-state index in [0.717, 1.165) is 26.4 Å². The van der Waals surface area contributed by atoms with Crippen molar-refractivity contribution < 1.29 is 14.3 Å². The first-order chi connectivity index (χ1) is 15.1. The van der Waals surface area contributed by atoms with Crippen molar-refractivity contribution in [1.29, 1.82) is 0 Å². The summed E-state index contributed by atoms with van der Waals surface area (Å²) < 4.78 is 6.29. The standard InChI is InChI=1S/C26H24BrNO3/c1-2-8-20(16-19-13-14-24(27)23-12-7-6-11-22(19)23)25(29)28-21(17-31-26(28)30)15-18-9-4-3-5-10-18/h2-7,9-14,20-21H,1,8,15-17H2/t20-,21+/m0/s1. The fourth-order valence-electron chi connectivity index (χ4n) is 4.20. The highest BCUT2D eigenvalue weighted by molar-refractivity contribution is 9.10. The molecule has 4 rings (SSSR count). The number of allylic oxidation sites excluding steroid dienone is 1. The molecule has 1 aliphatic heterocycles. The Bertz CT molecular complexity index is 1110. The predicted molar refractivity (Wildman–Crippen MR) is 126 cm³/mol. The molecule has 3 aromatic rings. The summed E-state index contributed by atoms with van der Waals surface area (Å²) in [6.07, 6.45) is 2.80. The topological polar surface area (TPSA) is 46.6 Å². The third-order valence-corrected chi connectivity index (χ3v) is 6.43. The molecule has 0 aromatic heterocycles. The number of imide groups is 1. The summed E-state index contributed by atoms with van der Waals surface area (Å²) in [6.45, 7) is 4.06. The van der Waals surface area contributed by atoms with Crippen LogP contribution in [0.25, 0.3) is 10.8 Å². The maximum Gasteiger partial charge on any atom is 0.416 e. The lowest BCUT2D eigenvalue weighted by molar-refractivity contribution is -0.133. The van der Waals surface area contributed by atoms with Crippen LogP contribution in [-0.2, 0) is 22.4 Å². The number of cyclic esters (lactones) is 1. The summed E-state index contributed by atoms with van der Waals surface area (Å²) in [6, 6.07) is 21.7. The van der Waals surface area contributed by atoms with Crippen LogP contribution < -0.4 is 0 Å². The van der Waals surface area contributed by atoms with Crippen molar-refractivity contribution in [1.82, 2.24) is 4.90 Å². The number of halogens is 1. The number of rotatable bonds is 7. The van der Waals surface area contributed by atoms with E-state index < -0.39 is 6.09 Å². The van der Waals surface area contributed by atoms with Gasteiger partial charge in [-0.05, 0) is 47.2 Å². The molecular weight excluding hydrogens is 454 g/mol. The number of hydrogen-bond acceptors (Lipinski definition) is 3. The Labute approximate surface area is 190 Å². The van der Waals surface area contributed by atoms with Crippen molar-refractivity contribution in [3.05, 3.63) is 95.0 Å². The molecule has 0 saturated carbocycles. The molecule has 0 bridgehead atoms. The van der Waals surface area contributed by atoms with Crippen molar-refractivity contribution in [3.8, 4) is 0 Å². The number of ether oxygens (including phenoxy) is 1. The van der Waals surface area contributed by atoms with Crippen molar-refractivity contribution in [2.45, 2.75) is 25.3 Å². The Hall–Kier alpha value is -2.92. The maximum atomic E-state index is 13.5. The van der Waals surface area contributed by atoms with E-state index in [4.69, 9.17) is 4.74 Å². The molecule has 5 heteroatoms. The minimum absolute atomic E-state index is 0.199. The van der Waals surface area contributed by atoms with Gasteiger partial charge in [0, 0.05) is 10.4 Å². The Kier molecular flexibility index (Phi) is 6.52. The normalized spacial score (nSPS) is 16.9. The van der Waals surface area contributed by atoms with Gasteiger partial charge < -0.3 is 4.74 Å². The van der Waals surface area contributed by atoms with Gasteiger partial charge >= 0.3 is 6.09 Å². The summed E-state index contributed by atoms with van der Waals surface area (Å²) >= 11 is 3.61. The number of fused-ring (bicyclic) bond motifs is 1. The largest absolute Gasteiger partial charge is 0.447 e. The second-order valence-corrected chi connectivity index (χ2v) is 8.66. The van der Waals surface area contributed by atoms with E-state index in [1.165, 1.54) is 4.90 Å². The van der Waals surface area contributed by atoms with E-state index in [-0.39, 0.29) is 24.5 Å². The molecule has 0 N–H and O–H groups in total. The lowest BCUT2D eigenvalue weighted by atomic mass is 9.91. The highest BCUT2D eigenvalue weighted by atomic mass is 79.9. The Morgan fingerprint density at radius 3 is 2.55 bits per heavy atom. The van der Waals surface area contributed by atoms with E-state index in [2.05, 4.69) is 34.6 Å². The van der Waals surface area contributed by atoms with Gasteiger partial charge in [-0.1, -0.05) is 82.7 Å². The molecule has 3 aromatic carbocycles. The first-order valence-corrected chi connectivity index (χ1v) is 11.2. The SMILES string of the molecule is C=CC[C@@H](Cc1ccc(Br)c2ccccc12)C(=O)N1C(=O)OC[C@H]1Cc1ccccc1. The first kappa shape index (κ1) is 21.3. The van der Waals surface area contributed by atoms with Crippen LogP contribution in [0.2, 0.25) is 0 Å². The number of amides is 2. The predicted octanol–water partition coefficient (Wildman–Crippen LogP) is 5.93. The maximum absolute atomic E-state index is 13.5. The highest BCUT2D eigenvalue weighted by Crippen LogP contribution is 2.30.